The zero-order valence-corrected chi connectivity index (χ0v) is 15.9. The molecule has 17 heavy (non-hydrogen) atoms. The second-order valence-corrected chi connectivity index (χ2v) is 12.6. The molecule has 0 aliphatic carbocycles. The molecule has 0 rings (SSSR count). The summed E-state index contributed by atoms with van der Waals surface area (Å²) in [7, 11) is 0. The zero-order chi connectivity index (χ0) is 11.9. The van der Waals surface area contributed by atoms with E-state index in [4.69, 9.17) is 11.8 Å². The Labute approximate surface area is 139 Å². The molecule has 4 heteroatoms. The van der Waals surface area contributed by atoms with E-state index in [1.165, 1.54) is 38.5 Å². The van der Waals surface area contributed by atoms with Crippen LogP contribution in [0.5, 0.6) is 0 Å². The van der Waals surface area contributed by atoms with Gasteiger partial charge in [-0.05, 0) is 0 Å². The van der Waals surface area contributed by atoms with E-state index in [0.29, 0.717) is 0 Å². The largest absolute Gasteiger partial charge is 1.00 e. The number of hydrogen-bond donors (Lipinski definition) is 0. The molecule has 0 amide bonds. The van der Waals surface area contributed by atoms with E-state index < -0.39 is 19.8 Å². The maximum Gasteiger partial charge on any atom is 1.00 e. The van der Waals surface area contributed by atoms with Crippen LogP contribution in [0.3, 0.4) is 0 Å². The molecule has 0 aromatic heterocycles. The van der Waals surface area contributed by atoms with Gasteiger partial charge in [-0.1, -0.05) is 0 Å². The Hall–Kier alpha value is 1.41. The fraction of sp³-hybridized carbons (Fsp3) is 0.923. The van der Waals surface area contributed by atoms with E-state index in [1.807, 2.05) is 0 Å². The number of unbranched alkanes of at least 4 members (excludes halogenated alkanes) is 3. The molecule has 0 atom stereocenters. The van der Waals surface area contributed by atoms with Crippen LogP contribution in [0.25, 0.3) is 0 Å². The molecule has 0 aromatic rings. The van der Waals surface area contributed by atoms with E-state index in [1.54, 1.807) is 13.3 Å². The molecule has 0 aliphatic heterocycles. The van der Waals surface area contributed by atoms with Gasteiger partial charge in [0, 0.05) is 17.1 Å². The van der Waals surface area contributed by atoms with Crippen LogP contribution in [0, 0.1) is 11.8 Å². The molecule has 100 valence electrons. The van der Waals surface area contributed by atoms with Crippen molar-refractivity contribution in [2.75, 3.05) is 0 Å². The van der Waals surface area contributed by atoms with Crippen molar-refractivity contribution < 1.29 is 35.9 Å². The Morgan fingerprint density at radius 1 is 0.765 bits per heavy atom. The Balaban J connectivity index is -0.000000199. The summed E-state index contributed by atoms with van der Waals surface area (Å²) in [6, 6.07) is 0. The Morgan fingerprint density at radius 3 is 1.18 bits per heavy atom. The van der Waals surface area contributed by atoms with Crippen LogP contribution in [0.2, 0.25) is 13.3 Å². The first kappa shape index (κ1) is 26.9. The van der Waals surface area contributed by atoms with Gasteiger partial charge in [-0.2, -0.15) is 0 Å². The first-order valence-electron chi connectivity index (χ1n) is 6.41. The summed E-state index contributed by atoms with van der Waals surface area (Å²) in [5.74, 6) is 0. The van der Waals surface area contributed by atoms with E-state index in [9.17, 15) is 0 Å². The Morgan fingerprint density at radius 2 is 1.00 bits per heavy atom. The predicted octanol–water partition coefficient (Wildman–Crippen LogP) is 1.98. The molecular weight excluding hydrogens is 359 g/mol. The van der Waals surface area contributed by atoms with Crippen molar-refractivity contribution in [3.05, 3.63) is 6.57 Å². The molecule has 0 aromatic carbocycles. The molecule has 0 unspecified atom stereocenters. The summed E-state index contributed by atoms with van der Waals surface area (Å²) >= 11 is -0.839. The molecule has 0 saturated carbocycles. The molecule has 0 N–H and O–H groups in total. The third-order valence-corrected chi connectivity index (χ3v) is 11.7. The van der Waals surface area contributed by atoms with Crippen LogP contribution in [0.4, 0.5) is 0 Å². The van der Waals surface area contributed by atoms with Gasteiger partial charge in [-0.15, -0.1) is 0 Å². The topological polar surface area (TPSA) is 23.8 Å². The molecule has 0 aliphatic rings. The minimum atomic E-state index is -0.839. The molecular formula is C13H27CuLiNSn. The van der Waals surface area contributed by atoms with Crippen molar-refractivity contribution in [3.63, 3.8) is 0 Å². The van der Waals surface area contributed by atoms with Crippen LogP contribution in [0.15, 0.2) is 0 Å². The van der Waals surface area contributed by atoms with E-state index in [2.05, 4.69) is 20.8 Å². The van der Waals surface area contributed by atoms with Crippen molar-refractivity contribution >= 4 is 19.8 Å². The van der Waals surface area contributed by atoms with Gasteiger partial charge in [-0.3, -0.25) is 0 Å². The fourth-order valence-electron chi connectivity index (χ4n) is 1.66. The molecule has 0 spiro atoms. The minimum Gasteiger partial charge on any atom is -0.512 e. The van der Waals surface area contributed by atoms with E-state index in [-0.39, 0.29) is 35.9 Å². The van der Waals surface area contributed by atoms with Crippen molar-refractivity contribution in [1.82, 2.24) is 0 Å². The predicted molar refractivity (Wildman–Crippen MR) is 69.9 cm³/mol. The summed E-state index contributed by atoms with van der Waals surface area (Å²) in [4.78, 5) is 0. The fourth-order valence-corrected chi connectivity index (χ4v) is 11.1. The minimum absolute atomic E-state index is 0. The molecule has 0 bridgehead atoms. The zero-order valence-electron chi connectivity index (χ0n) is 12.1. The van der Waals surface area contributed by atoms with Crippen molar-refractivity contribution in [2.45, 2.75) is 72.6 Å². The van der Waals surface area contributed by atoms with Gasteiger partial charge in [0.15, 0.2) is 0 Å². The molecule has 0 heterocycles. The SMILES string of the molecule is CCC[CH2][Sn]([CH2]CCC)[CH2]CCC.[C-]#N.[Cu].[Li+]. The molecule has 1 nitrogen and oxygen atoms in total. The molecule has 2 radical (unpaired) electrons. The maximum atomic E-state index is 6.25. The summed E-state index contributed by atoms with van der Waals surface area (Å²) < 4.78 is 5.04. The second-order valence-electron chi connectivity index (χ2n) is 4.06. The number of nitrogens with zero attached hydrogens (tertiary/aromatic N) is 1. The van der Waals surface area contributed by atoms with Crippen LogP contribution in [-0.2, 0) is 17.1 Å². The number of hydrogen-bond acceptors (Lipinski definition) is 1. The van der Waals surface area contributed by atoms with Gasteiger partial charge < -0.3 is 11.8 Å². The van der Waals surface area contributed by atoms with Gasteiger partial charge in [0.1, 0.15) is 0 Å². The van der Waals surface area contributed by atoms with Gasteiger partial charge in [-0.25, -0.2) is 0 Å². The summed E-state index contributed by atoms with van der Waals surface area (Å²) in [5, 5.41) is 6.25. The van der Waals surface area contributed by atoms with Gasteiger partial charge in [0.2, 0.25) is 0 Å². The first-order valence-corrected chi connectivity index (χ1v) is 12.5. The monoisotopic (exact) mass is 387 g/mol. The van der Waals surface area contributed by atoms with E-state index in [0.717, 1.165) is 0 Å². The summed E-state index contributed by atoms with van der Waals surface area (Å²) in [6.07, 6.45) is 8.85. The third kappa shape index (κ3) is 23.0. The smallest absolute Gasteiger partial charge is 0.512 e. The summed E-state index contributed by atoms with van der Waals surface area (Å²) in [6.45, 7) is 11.8. The van der Waals surface area contributed by atoms with Crippen molar-refractivity contribution in [2.24, 2.45) is 0 Å². The summed E-state index contributed by atoms with van der Waals surface area (Å²) in [5.41, 5.74) is 0. The van der Waals surface area contributed by atoms with Crippen LogP contribution < -0.4 is 18.9 Å². The molecule has 0 fully saturated rings. The van der Waals surface area contributed by atoms with Gasteiger partial charge >= 0.3 is 111 Å². The van der Waals surface area contributed by atoms with Crippen molar-refractivity contribution in [3.8, 4) is 0 Å². The average Bonchev–Trinajstić information content (AvgIpc) is 2.31. The van der Waals surface area contributed by atoms with Crippen LogP contribution >= 0.6 is 0 Å². The van der Waals surface area contributed by atoms with Crippen molar-refractivity contribution in [1.29, 1.82) is 5.26 Å². The normalized spacial score (nSPS) is 8.59. The van der Waals surface area contributed by atoms with Crippen LogP contribution in [0.1, 0.15) is 59.3 Å². The second kappa shape index (κ2) is 26.1. The maximum absolute atomic E-state index is 6.25. The Bertz CT molecular complexity index is 115. The third-order valence-electron chi connectivity index (χ3n) is 2.65. The Kier molecular flexibility index (Phi) is 41.2. The van der Waals surface area contributed by atoms with Gasteiger partial charge in [0.25, 0.3) is 0 Å². The van der Waals surface area contributed by atoms with E-state index >= 15 is 0 Å². The first-order chi connectivity index (χ1) is 7.35. The average molecular weight is 387 g/mol. The van der Waals surface area contributed by atoms with Gasteiger partial charge in [0.05, 0.1) is 0 Å². The molecule has 0 saturated heterocycles. The standard InChI is InChI=1S/3C4H9.CN.Cu.Li.Sn/c3*1-3-4-2;1-2;;;/h3*1,3-4H2,2H3;;;;/q;;;-1;;+1;. The quantitative estimate of drug-likeness (QED) is 0.439. The number of rotatable bonds is 9. The van der Waals surface area contributed by atoms with Crippen LogP contribution in [-0.4, -0.2) is 19.8 Å².